The number of hydrogen-bond acceptors (Lipinski definition) is 3. The summed E-state index contributed by atoms with van der Waals surface area (Å²) in [5.41, 5.74) is 1.97. The highest BCUT2D eigenvalue weighted by Crippen LogP contribution is 2.37. The standard InChI is InChI=1S/C24H20F2N2O3/c1-15-24(30)28(14-17-4-2-3-5-20(17)26)21-13-19(10-11-22(21)31-15)27-23(29)12-16-6-8-18(25)9-7-16/h2-11,13,15H,12,14H2,1H3,(H,27,29). The molecular weight excluding hydrogens is 402 g/mol. The summed E-state index contributed by atoms with van der Waals surface area (Å²) in [6.45, 7) is 1.68. The van der Waals surface area contributed by atoms with Gasteiger partial charge in [0, 0.05) is 11.3 Å². The lowest BCUT2D eigenvalue weighted by atomic mass is 10.1. The Hall–Kier alpha value is -3.74. The Labute approximate surface area is 178 Å². The summed E-state index contributed by atoms with van der Waals surface area (Å²) < 4.78 is 32.9. The van der Waals surface area contributed by atoms with Gasteiger partial charge >= 0.3 is 0 Å². The number of rotatable bonds is 5. The fourth-order valence-corrected chi connectivity index (χ4v) is 3.44. The monoisotopic (exact) mass is 422 g/mol. The molecule has 5 nitrogen and oxygen atoms in total. The van der Waals surface area contributed by atoms with Gasteiger partial charge in [-0.1, -0.05) is 30.3 Å². The SMILES string of the molecule is CC1Oc2ccc(NC(=O)Cc3ccc(F)cc3)cc2N(Cc2ccccc2F)C1=O. The van der Waals surface area contributed by atoms with E-state index in [4.69, 9.17) is 4.74 Å². The van der Waals surface area contributed by atoms with Crippen LogP contribution in [0.2, 0.25) is 0 Å². The molecule has 0 aliphatic carbocycles. The molecule has 2 amide bonds. The van der Waals surface area contributed by atoms with E-state index in [2.05, 4.69) is 5.32 Å². The molecule has 0 fully saturated rings. The lowest BCUT2D eigenvalue weighted by Crippen LogP contribution is -2.44. The van der Waals surface area contributed by atoms with Gasteiger partial charge in [0.2, 0.25) is 5.91 Å². The number of carbonyl (C=O) groups is 2. The first-order valence-corrected chi connectivity index (χ1v) is 9.80. The largest absolute Gasteiger partial charge is 0.479 e. The number of hydrogen-bond donors (Lipinski definition) is 1. The van der Waals surface area contributed by atoms with Gasteiger partial charge in [-0.25, -0.2) is 8.78 Å². The summed E-state index contributed by atoms with van der Waals surface area (Å²) in [7, 11) is 0. The molecule has 0 saturated carbocycles. The van der Waals surface area contributed by atoms with E-state index in [1.807, 2.05) is 0 Å². The Morgan fingerprint density at radius 3 is 2.55 bits per heavy atom. The van der Waals surface area contributed by atoms with Crippen LogP contribution in [-0.4, -0.2) is 17.9 Å². The maximum atomic E-state index is 14.2. The van der Waals surface area contributed by atoms with Crippen molar-refractivity contribution in [1.29, 1.82) is 0 Å². The van der Waals surface area contributed by atoms with Crippen LogP contribution in [0.3, 0.4) is 0 Å². The van der Waals surface area contributed by atoms with Crippen molar-refractivity contribution in [2.75, 3.05) is 10.2 Å². The van der Waals surface area contributed by atoms with Gasteiger partial charge in [0.05, 0.1) is 18.7 Å². The van der Waals surface area contributed by atoms with E-state index in [0.29, 0.717) is 28.3 Å². The van der Waals surface area contributed by atoms with Crippen LogP contribution < -0.4 is 15.0 Å². The minimum absolute atomic E-state index is 0.0409. The summed E-state index contributed by atoms with van der Waals surface area (Å²) in [4.78, 5) is 26.6. The quantitative estimate of drug-likeness (QED) is 0.661. The van der Waals surface area contributed by atoms with E-state index in [1.165, 1.54) is 23.1 Å². The van der Waals surface area contributed by atoms with Crippen molar-refractivity contribution in [2.24, 2.45) is 0 Å². The fraction of sp³-hybridized carbons (Fsp3) is 0.167. The molecule has 0 spiro atoms. The van der Waals surface area contributed by atoms with Crippen LogP contribution >= 0.6 is 0 Å². The van der Waals surface area contributed by atoms with E-state index in [-0.39, 0.29) is 30.6 Å². The van der Waals surface area contributed by atoms with Crippen LogP contribution in [0.25, 0.3) is 0 Å². The highest BCUT2D eigenvalue weighted by Gasteiger charge is 2.32. The predicted molar refractivity (Wildman–Crippen MR) is 113 cm³/mol. The third-order valence-corrected chi connectivity index (χ3v) is 5.02. The smallest absolute Gasteiger partial charge is 0.268 e. The fourth-order valence-electron chi connectivity index (χ4n) is 3.44. The van der Waals surface area contributed by atoms with Crippen LogP contribution in [0.5, 0.6) is 5.75 Å². The van der Waals surface area contributed by atoms with Crippen molar-refractivity contribution in [2.45, 2.75) is 26.0 Å². The van der Waals surface area contributed by atoms with Gasteiger partial charge in [-0.2, -0.15) is 0 Å². The first-order valence-electron chi connectivity index (χ1n) is 9.80. The van der Waals surface area contributed by atoms with Gasteiger partial charge in [0.1, 0.15) is 17.4 Å². The van der Waals surface area contributed by atoms with Crippen molar-refractivity contribution in [3.8, 4) is 5.75 Å². The van der Waals surface area contributed by atoms with Gasteiger partial charge < -0.3 is 15.0 Å². The summed E-state index contributed by atoms with van der Waals surface area (Å²) in [5.74, 6) is -0.887. The van der Waals surface area contributed by atoms with Crippen LogP contribution in [-0.2, 0) is 22.6 Å². The van der Waals surface area contributed by atoms with E-state index in [9.17, 15) is 18.4 Å². The van der Waals surface area contributed by atoms with Crippen molar-refractivity contribution in [3.05, 3.63) is 89.5 Å². The molecule has 7 heteroatoms. The number of nitrogens with one attached hydrogen (secondary N) is 1. The summed E-state index contributed by atoms with van der Waals surface area (Å²) in [6, 6.07) is 16.9. The molecular formula is C24H20F2N2O3. The molecule has 0 saturated heterocycles. The molecule has 0 radical (unpaired) electrons. The van der Waals surface area contributed by atoms with E-state index in [1.54, 1.807) is 55.5 Å². The molecule has 158 valence electrons. The van der Waals surface area contributed by atoms with E-state index >= 15 is 0 Å². The van der Waals surface area contributed by atoms with E-state index in [0.717, 1.165) is 0 Å². The molecule has 1 heterocycles. The van der Waals surface area contributed by atoms with Crippen molar-refractivity contribution < 1.29 is 23.1 Å². The van der Waals surface area contributed by atoms with Gasteiger partial charge in [0.25, 0.3) is 5.91 Å². The first kappa shape index (κ1) is 20.5. The number of anilines is 2. The molecule has 0 bridgehead atoms. The molecule has 1 aliphatic heterocycles. The van der Waals surface area contributed by atoms with Crippen molar-refractivity contribution in [1.82, 2.24) is 0 Å². The van der Waals surface area contributed by atoms with E-state index < -0.39 is 11.9 Å². The lowest BCUT2D eigenvalue weighted by molar-refractivity contribution is -0.125. The highest BCUT2D eigenvalue weighted by atomic mass is 19.1. The Kier molecular flexibility index (Phi) is 5.66. The van der Waals surface area contributed by atoms with Gasteiger partial charge in [-0.15, -0.1) is 0 Å². The number of amides is 2. The second kappa shape index (κ2) is 8.55. The summed E-state index contributed by atoms with van der Waals surface area (Å²) >= 11 is 0. The van der Waals surface area contributed by atoms with Crippen LogP contribution in [0, 0.1) is 11.6 Å². The molecule has 0 aromatic heterocycles. The maximum absolute atomic E-state index is 14.2. The minimum Gasteiger partial charge on any atom is -0.479 e. The normalized spacial score (nSPS) is 15.3. The maximum Gasteiger partial charge on any atom is 0.268 e. The summed E-state index contributed by atoms with van der Waals surface area (Å²) in [5, 5.41) is 2.78. The van der Waals surface area contributed by atoms with Crippen LogP contribution in [0.4, 0.5) is 20.2 Å². The Balaban J connectivity index is 1.57. The number of nitrogens with zero attached hydrogens (tertiary/aromatic N) is 1. The number of fused-ring (bicyclic) bond motifs is 1. The number of benzene rings is 3. The van der Waals surface area contributed by atoms with Crippen molar-refractivity contribution in [3.63, 3.8) is 0 Å². The molecule has 1 N–H and O–H groups in total. The average molecular weight is 422 g/mol. The number of ether oxygens (including phenoxy) is 1. The molecule has 4 rings (SSSR count). The molecule has 1 atom stereocenters. The van der Waals surface area contributed by atoms with Crippen molar-refractivity contribution >= 4 is 23.2 Å². The lowest BCUT2D eigenvalue weighted by Gasteiger charge is -2.33. The van der Waals surface area contributed by atoms with Gasteiger partial charge in [0.15, 0.2) is 6.10 Å². The molecule has 3 aromatic rings. The Bertz CT molecular complexity index is 1130. The number of carbonyl (C=O) groups excluding carboxylic acids is 2. The molecule has 3 aromatic carbocycles. The number of halogens is 2. The van der Waals surface area contributed by atoms with Gasteiger partial charge in [-0.05, 0) is 48.9 Å². The average Bonchev–Trinajstić information content (AvgIpc) is 2.75. The highest BCUT2D eigenvalue weighted by molar-refractivity contribution is 6.01. The predicted octanol–water partition coefficient (Wildman–Crippen LogP) is 4.46. The second-order valence-corrected chi connectivity index (χ2v) is 7.31. The minimum atomic E-state index is -0.710. The Morgan fingerprint density at radius 2 is 1.81 bits per heavy atom. The van der Waals surface area contributed by atoms with Gasteiger partial charge in [-0.3, -0.25) is 9.59 Å². The van der Waals surface area contributed by atoms with Crippen LogP contribution in [0.15, 0.2) is 66.7 Å². The first-order chi connectivity index (χ1) is 14.9. The molecule has 31 heavy (non-hydrogen) atoms. The Morgan fingerprint density at radius 1 is 1.06 bits per heavy atom. The summed E-state index contributed by atoms with van der Waals surface area (Å²) in [6.07, 6.45) is -0.638. The second-order valence-electron chi connectivity index (χ2n) is 7.31. The zero-order valence-corrected chi connectivity index (χ0v) is 16.8. The third-order valence-electron chi connectivity index (χ3n) is 5.02. The zero-order chi connectivity index (χ0) is 22.0. The third kappa shape index (κ3) is 4.55. The molecule has 1 unspecified atom stereocenters. The topological polar surface area (TPSA) is 58.6 Å². The van der Waals surface area contributed by atoms with Crippen LogP contribution in [0.1, 0.15) is 18.1 Å². The molecule has 1 aliphatic rings. The zero-order valence-electron chi connectivity index (χ0n) is 16.8.